The molecule has 0 aliphatic carbocycles. The van der Waals surface area contributed by atoms with Crippen molar-refractivity contribution < 1.29 is 9.22 Å². The second-order valence-electron chi connectivity index (χ2n) is 2.88. The lowest BCUT2D eigenvalue weighted by Crippen LogP contribution is -1.98. The zero-order valence-electron chi connectivity index (χ0n) is 7.53. The SMILES string of the molecule is CC(C)/C=C/SOOC(C)C. The molecule has 0 aromatic heterocycles. The van der Waals surface area contributed by atoms with Gasteiger partial charge in [0.05, 0.1) is 18.1 Å². The minimum Gasteiger partial charge on any atom is -0.221 e. The van der Waals surface area contributed by atoms with E-state index in [9.17, 15) is 0 Å². The normalized spacial score (nSPS) is 12.2. The van der Waals surface area contributed by atoms with Crippen LogP contribution in [-0.4, -0.2) is 6.10 Å². The van der Waals surface area contributed by atoms with Gasteiger partial charge < -0.3 is 0 Å². The van der Waals surface area contributed by atoms with Crippen LogP contribution in [0.1, 0.15) is 27.7 Å². The van der Waals surface area contributed by atoms with Gasteiger partial charge in [0.2, 0.25) is 0 Å². The summed E-state index contributed by atoms with van der Waals surface area (Å²) < 4.78 is 4.78. The fourth-order valence-electron chi connectivity index (χ4n) is 0.313. The Kier molecular flexibility index (Phi) is 6.71. The Hall–Kier alpha value is 0.01000. The van der Waals surface area contributed by atoms with Crippen molar-refractivity contribution in [3.8, 4) is 0 Å². The van der Waals surface area contributed by atoms with Gasteiger partial charge in [0.1, 0.15) is 0 Å². The summed E-state index contributed by atoms with van der Waals surface area (Å²) in [5, 5.41) is 1.88. The Morgan fingerprint density at radius 3 is 2.27 bits per heavy atom. The quantitative estimate of drug-likeness (QED) is 0.277. The maximum Gasteiger partial charge on any atom is 0.0886 e. The third-order valence-electron chi connectivity index (χ3n) is 0.790. The monoisotopic (exact) mass is 176 g/mol. The van der Waals surface area contributed by atoms with E-state index in [0.29, 0.717) is 5.92 Å². The first kappa shape index (κ1) is 11.0. The van der Waals surface area contributed by atoms with E-state index in [1.54, 1.807) is 0 Å². The molecule has 0 aromatic rings. The predicted molar refractivity (Wildman–Crippen MR) is 48.9 cm³/mol. The predicted octanol–water partition coefficient (Wildman–Crippen LogP) is 3.16. The van der Waals surface area contributed by atoms with Crippen molar-refractivity contribution in [1.29, 1.82) is 0 Å². The molecular formula is C8H16O2S. The molecule has 0 fully saturated rings. The Morgan fingerprint density at radius 1 is 1.18 bits per heavy atom. The summed E-state index contributed by atoms with van der Waals surface area (Å²) in [5.74, 6) is 0.560. The summed E-state index contributed by atoms with van der Waals surface area (Å²) in [7, 11) is 0. The van der Waals surface area contributed by atoms with E-state index in [1.165, 1.54) is 12.0 Å². The van der Waals surface area contributed by atoms with Crippen molar-refractivity contribution in [3.63, 3.8) is 0 Å². The second kappa shape index (κ2) is 6.70. The summed E-state index contributed by atoms with van der Waals surface area (Å²) >= 11 is 1.21. The van der Waals surface area contributed by atoms with Crippen LogP contribution in [0.15, 0.2) is 11.5 Å². The molecule has 2 nitrogen and oxygen atoms in total. The van der Waals surface area contributed by atoms with Crippen LogP contribution in [0.2, 0.25) is 0 Å². The van der Waals surface area contributed by atoms with Crippen molar-refractivity contribution in [2.24, 2.45) is 5.92 Å². The van der Waals surface area contributed by atoms with Gasteiger partial charge in [-0.2, -0.15) is 4.33 Å². The average Bonchev–Trinajstić information content (AvgIpc) is 1.85. The summed E-state index contributed by atoms with van der Waals surface area (Å²) in [6, 6.07) is 0. The average molecular weight is 176 g/mol. The molecule has 0 aromatic carbocycles. The van der Waals surface area contributed by atoms with Crippen molar-refractivity contribution >= 4 is 12.0 Å². The molecule has 0 aliphatic heterocycles. The number of hydrogen-bond donors (Lipinski definition) is 0. The Balaban J connectivity index is 3.14. The first-order valence-corrected chi connectivity index (χ1v) is 4.59. The summed E-state index contributed by atoms with van der Waals surface area (Å²) in [6.45, 7) is 8.07. The lowest BCUT2D eigenvalue weighted by Gasteiger charge is -2.01. The van der Waals surface area contributed by atoms with E-state index in [1.807, 2.05) is 25.3 Å². The van der Waals surface area contributed by atoms with E-state index in [-0.39, 0.29) is 6.10 Å². The van der Waals surface area contributed by atoms with Crippen LogP contribution in [0.25, 0.3) is 0 Å². The molecule has 11 heavy (non-hydrogen) atoms. The minimum atomic E-state index is 0.120. The van der Waals surface area contributed by atoms with Gasteiger partial charge in [0.15, 0.2) is 0 Å². The van der Waals surface area contributed by atoms with Crippen LogP contribution in [0.5, 0.6) is 0 Å². The van der Waals surface area contributed by atoms with Crippen LogP contribution in [0.4, 0.5) is 0 Å². The highest BCUT2D eigenvalue weighted by Crippen LogP contribution is 2.08. The summed E-state index contributed by atoms with van der Waals surface area (Å²) in [6.07, 6.45) is 2.17. The van der Waals surface area contributed by atoms with Gasteiger partial charge in [-0.05, 0) is 25.2 Å². The van der Waals surface area contributed by atoms with E-state index >= 15 is 0 Å². The standard InChI is InChI=1S/C8H16O2S/c1-7(2)5-6-11-10-9-8(3)4/h5-8H,1-4H3/b6-5+. The maximum absolute atomic E-state index is 4.84. The molecule has 0 heterocycles. The molecule has 0 atom stereocenters. The van der Waals surface area contributed by atoms with Gasteiger partial charge in [0.25, 0.3) is 0 Å². The third-order valence-corrected chi connectivity index (χ3v) is 1.22. The molecule has 0 radical (unpaired) electrons. The first-order chi connectivity index (χ1) is 5.13. The fraction of sp³-hybridized carbons (Fsp3) is 0.750. The maximum atomic E-state index is 4.84. The van der Waals surface area contributed by atoms with Crippen molar-refractivity contribution in [3.05, 3.63) is 11.5 Å². The second-order valence-corrected chi connectivity index (χ2v) is 3.48. The molecule has 0 rings (SSSR count). The zero-order chi connectivity index (χ0) is 8.69. The van der Waals surface area contributed by atoms with Crippen LogP contribution < -0.4 is 0 Å². The largest absolute Gasteiger partial charge is 0.221 e. The topological polar surface area (TPSA) is 18.5 Å². The van der Waals surface area contributed by atoms with Crippen LogP contribution in [0.3, 0.4) is 0 Å². The van der Waals surface area contributed by atoms with Gasteiger partial charge in [-0.25, -0.2) is 4.89 Å². The third kappa shape index (κ3) is 10.0. The number of hydrogen-bond acceptors (Lipinski definition) is 3. The highest BCUT2D eigenvalue weighted by atomic mass is 32.2. The minimum absolute atomic E-state index is 0.120. The molecule has 0 aliphatic rings. The lowest BCUT2D eigenvalue weighted by molar-refractivity contribution is -0.219. The molecule has 0 saturated carbocycles. The summed E-state index contributed by atoms with van der Waals surface area (Å²) in [5.41, 5.74) is 0. The molecule has 0 amide bonds. The van der Waals surface area contributed by atoms with E-state index in [0.717, 1.165) is 0 Å². The Labute approximate surface area is 73.1 Å². The molecule has 0 bridgehead atoms. The van der Waals surface area contributed by atoms with Gasteiger partial charge in [-0.1, -0.05) is 19.9 Å². The molecule has 0 spiro atoms. The molecular weight excluding hydrogens is 160 g/mol. The highest BCUT2D eigenvalue weighted by Gasteiger charge is 1.91. The lowest BCUT2D eigenvalue weighted by atomic mass is 10.2. The molecule has 66 valence electrons. The molecule has 0 N–H and O–H groups in total. The first-order valence-electron chi connectivity index (χ1n) is 3.78. The Morgan fingerprint density at radius 2 is 1.82 bits per heavy atom. The smallest absolute Gasteiger partial charge is 0.0886 e. The van der Waals surface area contributed by atoms with Gasteiger partial charge in [-0.15, -0.1) is 0 Å². The van der Waals surface area contributed by atoms with Crippen LogP contribution >= 0.6 is 12.0 Å². The summed E-state index contributed by atoms with van der Waals surface area (Å²) in [4.78, 5) is 4.84. The van der Waals surface area contributed by atoms with Crippen LogP contribution in [-0.2, 0) is 9.22 Å². The van der Waals surface area contributed by atoms with Gasteiger partial charge in [0, 0.05) is 0 Å². The highest BCUT2D eigenvalue weighted by molar-refractivity contribution is 7.97. The van der Waals surface area contributed by atoms with E-state index < -0.39 is 0 Å². The van der Waals surface area contributed by atoms with Crippen molar-refractivity contribution in [2.45, 2.75) is 33.8 Å². The van der Waals surface area contributed by atoms with E-state index in [4.69, 9.17) is 9.22 Å². The van der Waals surface area contributed by atoms with Crippen LogP contribution in [0, 0.1) is 5.92 Å². The van der Waals surface area contributed by atoms with Crippen molar-refractivity contribution in [2.75, 3.05) is 0 Å². The van der Waals surface area contributed by atoms with Gasteiger partial charge in [-0.3, -0.25) is 0 Å². The molecule has 0 unspecified atom stereocenters. The number of allylic oxidation sites excluding steroid dienone is 1. The number of rotatable bonds is 5. The fourth-order valence-corrected chi connectivity index (χ4v) is 0.939. The van der Waals surface area contributed by atoms with Gasteiger partial charge >= 0.3 is 0 Å². The molecule has 0 saturated heterocycles. The zero-order valence-corrected chi connectivity index (χ0v) is 8.35. The van der Waals surface area contributed by atoms with E-state index in [2.05, 4.69) is 13.8 Å². The Bertz CT molecular complexity index is 111. The molecule has 3 heteroatoms. The van der Waals surface area contributed by atoms with Crippen molar-refractivity contribution in [1.82, 2.24) is 0 Å².